The molecule has 2 bridgehead atoms. The van der Waals surface area contributed by atoms with E-state index in [4.69, 9.17) is 9.31 Å². The molecule has 5 nitrogen and oxygen atoms in total. The minimum Gasteiger partial charge on any atom is -0.399 e. The van der Waals surface area contributed by atoms with Crippen molar-refractivity contribution in [3.8, 4) is 0 Å². The summed E-state index contributed by atoms with van der Waals surface area (Å²) in [5.74, 6) is -0.0391. The quantitative estimate of drug-likeness (QED) is 0.802. The number of hydrogen-bond donors (Lipinski definition) is 2. The maximum atomic E-state index is 12.8. The van der Waals surface area contributed by atoms with E-state index in [1.165, 1.54) is 0 Å². The molecule has 1 aliphatic heterocycles. The number of amides is 1. The van der Waals surface area contributed by atoms with E-state index in [1.807, 2.05) is 52.0 Å². The molecule has 1 saturated heterocycles. The van der Waals surface area contributed by atoms with Gasteiger partial charge in [-0.15, -0.1) is 0 Å². The first-order valence-corrected chi connectivity index (χ1v) is 10.0. The molecular weight excluding hydrogens is 341 g/mol. The highest BCUT2D eigenvalue weighted by Gasteiger charge is 2.52. The van der Waals surface area contributed by atoms with Gasteiger partial charge >= 0.3 is 7.12 Å². The molecule has 0 spiro atoms. The number of benzene rings is 1. The van der Waals surface area contributed by atoms with Gasteiger partial charge in [-0.25, -0.2) is 0 Å². The van der Waals surface area contributed by atoms with Gasteiger partial charge < -0.3 is 19.7 Å². The number of rotatable bonds is 3. The van der Waals surface area contributed by atoms with Crippen LogP contribution in [0.4, 0.5) is 0 Å². The topological polar surface area (TPSA) is 67.8 Å². The zero-order valence-electron chi connectivity index (χ0n) is 16.8. The number of fused-ring (bicyclic) bond motifs is 3. The summed E-state index contributed by atoms with van der Waals surface area (Å²) < 4.78 is 12.1. The number of aliphatic hydroxyl groups is 1. The summed E-state index contributed by atoms with van der Waals surface area (Å²) in [5, 5.41) is 13.6. The SMILES string of the molecule is CC1(C)OB(c2ccc(C(=O)NC34CCC(O)(CC3)CC4)cc2)OC1(C)C. The van der Waals surface area contributed by atoms with Crippen LogP contribution in [0.15, 0.2) is 24.3 Å². The fourth-order valence-electron chi connectivity index (χ4n) is 4.44. The summed E-state index contributed by atoms with van der Waals surface area (Å²) in [4.78, 5) is 12.8. The monoisotopic (exact) mass is 371 g/mol. The number of hydrogen-bond acceptors (Lipinski definition) is 4. The van der Waals surface area contributed by atoms with Crippen molar-refractivity contribution in [2.45, 2.75) is 88.6 Å². The first kappa shape index (κ1) is 19.0. The fourth-order valence-corrected chi connectivity index (χ4v) is 4.44. The van der Waals surface area contributed by atoms with E-state index < -0.39 is 12.7 Å². The minimum absolute atomic E-state index is 0.0391. The van der Waals surface area contributed by atoms with Gasteiger partial charge in [0, 0.05) is 11.1 Å². The van der Waals surface area contributed by atoms with E-state index in [2.05, 4.69) is 5.32 Å². The molecule has 0 aromatic heterocycles. The first-order chi connectivity index (χ1) is 12.5. The standard InChI is InChI=1S/C21H30BNO4/c1-18(2)19(3,4)27-22(26-18)16-7-5-15(6-8-16)17(24)23-20-9-12-21(25,13-10-20)14-11-20/h5-8,25H,9-14H2,1-4H3,(H,23,24). The van der Waals surface area contributed by atoms with E-state index in [9.17, 15) is 9.90 Å². The Kier molecular flexibility index (Phi) is 4.26. The van der Waals surface area contributed by atoms with Gasteiger partial charge in [-0.3, -0.25) is 4.79 Å². The van der Waals surface area contributed by atoms with E-state index >= 15 is 0 Å². The third-order valence-electron chi connectivity index (χ3n) is 7.28. The van der Waals surface area contributed by atoms with Crippen molar-refractivity contribution in [1.29, 1.82) is 0 Å². The minimum atomic E-state index is -0.489. The van der Waals surface area contributed by atoms with Crippen LogP contribution in [0.3, 0.4) is 0 Å². The summed E-state index contributed by atoms with van der Waals surface area (Å²) >= 11 is 0. The Balaban J connectivity index is 1.43. The van der Waals surface area contributed by atoms with Gasteiger partial charge in [0.1, 0.15) is 0 Å². The van der Waals surface area contributed by atoms with E-state index in [-0.39, 0.29) is 22.6 Å². The predicted octanol–water partition coefficient (Wildman–Crippen LogP) is 2.55. The summed E-state index contributed by atoms with van der Waals surface area (Å²) in [5.41, 5.74) is 0.177. The van der Waals surface area contributed by atoms with E-state index in [1.54, 1.807) is 0 Å². The van der Waals surface area contributed by atoms with Crippen LogP contribution in [0.5, 0.6) is 0 Å². The number of nitrogens with one attached hydrogen (secondary N) is 1. The van der Waals surface area contributed by atoms with Gasteiger partial charge in [-0.05, 0) is 83.8 Å². The summed E-state index contributed by atoms with van der Waals surface area (Å²) in [7, 11) is -0.417. The van der Waals surface area contributed by atoms with E-state index in [0.717, 1.165) is 44.0 Å². The molecule has 1 aromatic carbocycles. The van der Waals surface area contributed by atoms with Crippen LogP contribution >= 0.6 is 0 Å². The largest absolute Gasteiger partial charge is 0.494 e. The highest BCUT2D eigenvalue weighted by atomic mass is 16.7. The lowest BCUT2D eigenvalue weighted by Gasteiger charge is -2.51. The highest BCUT2D eigenvalue weighted by molar-refractivity contribution is 6.62. The van der Waals surface area contributed by atoms with Crippen LogP contribution < -0.4 is 10.8 Å². The van der Waals surface area contributed by atoms with Crippen LogP contribution in [0, 0.1) is 0 Å². The average Bonchev–Trinajstić information content (AvgIpc) is 2.84. The Morgan fingerprint density at radius 2 is 1.41 bits per heavy atom. The molecule has 0 radical (unpaired) electrons. The van der Waals surface area contributed by atoms with Crippen LogP contribution in [0.1, 0.15) is 76.6 Å². The maximum Gasteiger partial charge on any atom is 0.494 e. The zero-order valence-corrected chi connectivity index (χ0v) is 16.8. The number of carbonyl (C=O) groups excluding carboxylic acids is 1. The lowest BCUT2D eigenvalue weighted by Crippen LogP contribution is -2.58. The molecule has 2 N–H and O–H groups in total. The second-order valence-corrected chi connectivity index (χ2v) is 9.67. The van der Waals surface area contributed by atoms with Crippen molar-refractivity contribution in [3.63, 3.8) is 0 Å². The molecule has 4 fully saturated rings. The smallest absolute Gasteiger partial charge is 0.399 e. The molecule has 5 rings (SSSR count). The predicted molar refractivity (Wildman–Crippen MR) is 105 cm³/mol. The van der Waals surface area contributed by atoms with Crippen molar-refractivity contribution in [1.82, 2.24) is 5.32 Å². The van der Waals surface area contributed by atoms with Crippen LogP contribution in [0.25, 0.3) is 0 Å². The molecule has 4 aliphatic rings. The van der Waals surface area contributed by atoms with Gasteiger partial charge in [0.25, 0.3) is 5.91 Å². The summed E-state index contributed by atoms with van der Waals surface area (Å²) in [6.45, 7) is 8.13. The van der Waals surface area contributed by atoms with Gasteiger partial charge in [-0.2, -0.15) is 0 Å². The Hall–Kier alpha value is -1.37. The van der Waals surface area contributed by atoms with Gasteiger partial charge in [0.2, 0.25) is 0 Å². The van der Waals surface area contributed by atoms with Gasteiger partial charge in [0.05, 0.1) is 16.8 Å². The molecule has 0 atom stereocenters. The number of carbonyl (C=O) groups is 1. The van der Waals surface area contributed by atoms with Crippen LogP contribution in [0.2, 0.25) is 0 Å². The first-order valence-electron chi connectivity index (χ1n) is 10.0. The van der Waals surface area contributed by atoms with Crippen molar-refractivity contribution < 1.29 is 19.2 Å². The molecule has 3 aliphatic carbocycles. The van der Waals surface area contributed by atoms with Crippen LogP contribution in [-0.2, 0) is 9.31 Å². The van der Waals surface area contributed by atoms with Crippen molar-refractivity contribution >= 4 is 18.5 Å². The lowest BCUT2D eigenvalue weighted by molar-refractivity contribution is -0.0702. The highest BCUT2D eigenvalue weighted by Crippen LogP contribution is 2.46. The van der Waals surface area contributed by atoms with Crippen molar-refractivity contribution in [2.24, 2.45) is 0 Å². The Morgan fingerprint density at radius 3 is 1.89 bits per heavy atom. The van der Waals surface area contributed by atoms with Crippen molar-refractivity contribution in [2.75, 3.05) is 0 Å². The molecule has 0 unspecified atom stereocenters. The average molecular weight is 371 g/mol. The maximum absolute atomic E-state index is 12.8. The van der Waals surface area contributed by atoms with Crippen molar-refractivity contribution in [3.05, 3.63) is 29.8 Å². The summed E-state index contributed by atoms with van der Waals surface area (Å²) in [6.07, 6.45) is 4.94. The molecule has 1 aromatic rings. The van der Waals surface area contributed by atoms with Gasteiger partial charge in [-0.1, -0.05) is 12.1 Å². The lowest BCUT2D eigenvalue weighted by atomic mass is 9.63. The summed E-state index contributed by atoms with van der Waals surface area (Å²) in [6, 6.07) is 7.51. The van der Waals surface area contributed by atoms with Crippen LogP contribution in [-0.4, -0.2) is 40.5 Å². The Morgan fingerprint density at radius 1 is 0.926 bits per heavy atom. The third-order valence-corrected chi connectivity index (χ3v) is 7.28. The molecule has 1 heterocycles. The Bertz CT molecular complexity index is 703. The third kappa shape index (κ3) is 3.32. The van der Waals surface area contributed by atoms with Gasteiger partial charge in [0.15, 0.2) is 0 Å². The normalized spacial score (nSPS) is 33.9. The molecule has 3 saturated carbocycles. The van der Waals surface area contributed by atoms with E-state index in [0.29, 0.717) is 5.56 Å². The second kappa shape index (κ2) is 6.06. The second-order valence-electron chi connectivity index (χ2n) is 9.67. The molecular formula is C21H30BNO4. The molecule has 6 heteroatoms. The molecule has 27 heavy (non-hydrogen) atoms. The Labute approximate surface area is 162 Å². The fraction of sp³-hybridized carbons (Fsp3) is 0.667. The molecule has 1 amide bonds. The molecule has 146 valence electrons. The zero-order chi connectivity index (χ0) is 19.5.